The van der Waals surface area contributed by atoms with Crippen LogP contribution in [-0.2, 0) is 0 Å². The van der Waals surface area contributed by atoms with Crippen LogP contribution in [0.1, 0.15) is 17.0 Å². The largest absolute Gasteiger partial charge is 0.496 e. The zero-order valence-electron chi connectivity index (χ0n) is 13.7. The normalized spacial score (nSPS) is 15.7. The first-order valence-electron chi connectivity index (χ1n) is 7.26. The molecule has 2 aromatic rings. The SMILES string of the molecule is COc1cc(OC)c([C@@H]2C(C#N)=C(N)Oc3[nH]c(=O)[nH]c(=O)c32)cc1Br. The Bertz CT molecular complexity index is 1080. The number of nitrogens with two attached hydrogens (primary N) is 1. The van der Waals surface area contributed by atoms with Crippen LogP contribution < -0.4 is 31.2 Å². The van der Waals surface area contributed by atoms with Crippen molar-refractivity contribution in [1.29, 1.82) is 5.26 Å². The Morgan fingerprint density at radius 1 is 1.23 bits per heavy atom. The number of nitriles is 1. The van der Waals surface area contributed by atoms with E-state index in [2.05, 4.69) is 25.9 Å². The fourth-order valence-corrected chi connectivity index (χ4v) is 3.33. The van der Waals surface area contributed by atoms with Crippen LogP contribution in [-0.4, -0.2) is 24.2 Å². The van der Waals surface area contributed by atoms with Gasteiger partial charge in [-0.05, 0) is 22.0 Å². The van der Waals surface area contributed by atoms with Crippen molar-refractivity contribution in [3.8, 4) is 23.4 Å². The lowest BCUT2D eigenvalue weighted by Crippen LogP contribution is -2.33. The fraction of sp³-hybridized carbons (Fsp3) is 0.188. The number of H-pyrrole nitrogens is 2. The molecule has 0 spiro atoms. The molecule has 4 N–H and O–H groups in total. The number of aromatic amines is 2. The fourth-order valence-electron chi connectivity index (χ4n) is 2.81. The molecule has 0 radical (unpaired) electrons. The molecule has 10 heteroatoms. The first kappa shape index (κ1) is 17.6. The Morgan fingerprint density at radius 3 is 2.54 bits per heavy atom. The molecule has 134 valence electrons. The van der Waals surface area contributed by atoms with E-state index in [-0.39, 0.29) is 22.9 Å². The lowest BCUT2D eigenvalue weighted by Gasteiger charge is -2.26. The van der Waals surface area contributed by atoms with Crippen LogP contribution in [0.5, 0.6) is 17.4 Å². The van der Waals surface area contributed by atoms with Crippen molar-refractivity contribution in [1.82, 2.24) is 9.97 Å². The number of nitrogens with one attached hydrogen (secondary N) is 2. The third kappa shape index (κ3) is 2.72. The summed E-state index contributed by atoms with van der Waals surface area (Å²) in [5.74, 6) is -0.353. The summed E-state index contributed by atoms with van der Waals surface area (Å²) in [7, 11) is 2.94. The van der Waals surface area contributed by atoms with E-state index in [0.29, 0.717) is 21.5 Å². The molecule has 1 atom stereocenters. The van der Waals surface area contributed by atoms with Gasteiger partial charge in [0.05, 0.1) is 30.2 Å². The zero-order chi connectivity index (χ0) is 19.0. The average Bonchev–Trinajstić information content (AvgIpc) is 2.60. The van der Waals surface area contributed by atoms with Crippen LogP contribution in [0.4, 0.5) is 0 Å². The van der Waals surface area contributed by atoms with Gasteiger partial charge in [-0.3, -0.25) is 14.8 Å². The number of halogens is 1. The lowest BCUT2D eigenvalue weighted by molar-refractivity contribution is 0.367. The van der Waals surface area contributed by atoms with Gasteiger partial charge < -0.3 is 19.9 Å². The summed E-state index contributed by atoms with van der Waals surface area (Å²) < 4.78 is 16.5. The second kappa shape index (κ2) is 6.61. The third-order valence-electron chi connectivity index (χ3n) is 3.93. The molecule has 3 rings (SSSR count). The summed E-state index contributed by atoms with van der Waals surface area (Å²) in [5, 5.41) is 9.57. The van der Waals surface area contributed by atoms with Gasteiger partial charge in [0.2, 0.25) is 11.8 Å². The van der Waals surface area contributed by atoms with Gasteiger partial charge in [0.1, 0.15) is 23.1 Å². The van der Waals surface area contributed by atoms with E-state index in [1.54, 1.807) is 12.1 Å². The monoisotopic (exact) mass is 420 g/mol. The highest BCUT2D eigenvalue weighted by atomic mass is 79.9. The van der Waals surface area contributed by atoms with Crippen LogP contribution >= 0.6 is 15.9 Å². The Balaban J connectivity index is 2.38. The maximum atomic E-state index is 12.4. The molecule has 1 aromatic heterocycles. The summed E-state index contributed by atoms with van der Waals surface area (Å²) >= 11 is 3.38. The molecule has 1 aliphatic rings. The molecule has 1 aliphatic heterocycles. The van der Waals surface area contributed by atoms with Crippen molar-refractivity contribution in [2.75, 3.05) is 14.2 Å². The molecule has 26 heavy (non-hydrogen) atoms. The Hall–Kier alpha value is -3.19. The average molecular weight is 421 g/mol. The maximum Gasteiger partial charge on any atom is 0.328 e. The van der Waals surface area contributed by atoms with Crippen molar-refractivity contribution in [3.05, 3.63) is 60.0 Å². The number of methoxy groups -OCH3 is 2. The molecule has 9 nitrogen and oxygen atoms in total. The van der Waals surface area contributed by atoms with Crippen LogP contribution in [0.25, 0.3) is 0 Å². The van der Waals surface area contributed by atoms with Gasteiger partial charge in [-0.2, -0.15) is 5.26 Å². The number of allylic oxidation sites excluding steroid dienone is 1. The molecule has 0 bridgehead atoms. The first-order chi connectivity index (χ1) is 12.4. The number of ether oxygens (including phenoxy) is 3. The van der Waals surface area contributed by atoms with E-state index >= 15 is 0 Å². The van der Waals surface area contributed by atoms with Gasteiger partial charge in [-0.25, -0.2) is 4.79 Å². The van der Waals surface area contributed by atoms with Gasteiger partial charge >= 0.3 is 5.69 Å². The number of aromatic nitrogens is 2. The van der Waals surface area contributed by atoms with E-state index in [1.807, 2.05) is 6.07 Å². The summed E-state index contributed by atoms with van der Waals surface area (Å²) in [4.78, 5) is 28.5. The van der Waals surface area contributed by atoms with Crippen molar-refractivity contribution >= 4 is 15.9 Å². The molecule has 0 aliphatic carbocycles. The summed E-state index contributed by atoms with van der Waals surface area (Å²) in [6.45, 7) is 0. The second-order valence-corrected chi connectivity index (χ2v) is 6.16. The molecule has 1 aromatic carbocycles. The van der Waals surface area contributed by atoms with E-state index < -0.39 is 17.2 Å². The Morgan fingerprint density at radius 2 is 1.92 bits per heavy atom. The Kier molecular flexibility index (Phi) is 4.48. The topological polar surface area (TPSA) is 143 Å². The minimum absolute atomic E-state index is 0.0189. The predicted molar refractivity (Wildman–Crippen MR) is 94.2 cm³/mol. The van der Waals surface area contributed by atoms with Crippen molar-refractivity contribution in [3.63, 3.8) is 0 Å². The van der Waals surface area contributed by atoms with E-state index in [0.717, 1.165) is 0 Å². The molecule has 0 saturated heterocycles. The third-order valence-corrected chi connectivity index (χ3v) is 4.55. The van der Waals surface area contributed by atoms with E-state index in [4.69, 9.17) is 19.9 Å². The van der Waals surface area contributed by atoms with Crippen molar-refractivity contribution in [2.24, 2.45) is 5.73 Å². The number of benzene rings is 1. The smallest absolute Gasteiger partial charge is 0.328 e. The minimum Gasteiger partial charge on any atom is -0.496 e. The van der Waals surface area contributed by atoms with Crippen molar-refractivity contribution in [2.45, 2.75) is 5.92 Å². The standard InChI is InChI=1S/C16H13BrN4O5/c1-24-9-4-10(25-2)8(17)3-6(9)11-7(5-18)13(19)26-15-12(11)14(22)20-16(23)21-15/h3-4,11H,19H2,1-2H3,(H2,20,21,22,23)/t11-/m1/s1. The lowest BCUT2D eigenvalue weighted by atomic mass is 9.84. The summed E-state index contributed by atoms with van der Waals surface area (Å²) in [6.07, 6.45) is 0. The van der Waals surface area contributed by atoms with Crippen LogP contribution in [0.15, 0.2) is 37.7 Å². The van der Waals surface area contributed by atoms with Gasteiger partial charge in [-0.1, -0.05) is 0 Å². The first-order valence-corrected chi connectivity index (χ1v) is 8.06. The molecule has 0 amide bonds. The number of hydrogen-bond donors (Lipinski definition) is 3. The van der Waals surface area contributed by atoms with Crippen molar-refractivity contribution < 1.29 is 14.2 Å². The number of hydrogen-bond acceptors (Lipinski definition) is 7. The minimum atomic E-state index is -0.901. The Labute approximate surface area is 155 Å². The van der Waals surface area contributed by atoms with Crippen LogP contribution in [0.2, 0.25) is 0 Å². The van der Waals surface area contributed by atoms with E-state index in [9.17, 15) is 14.9 Å². The van der Waals surface area contributed by atoms with Gasteiger partial charge in [0.15, 0.2) is 0 Å². The summed E-state index contributed by atoms with van der Waals surface area (Å²) in [6, 6.07) is 5.24. The molecule has 2 heterocycles. The molecular formula is C16H13BrN4O5. The number of nitrogens with zero attached hydrogens (tertiary/aromatic N) is 1. The van der Waals surface area contributed by atoms with E-state index in [1.165, 1.54) is 14.2 Å². The second-order valence-electron chi connectivity index (χ2n) is 5.30. The summed E-state index contributed by atoms with van der Waals surface area (Å²) in [5.41, 5.74) is 4.94. The van der Waals surface area contributed by atoms with Gasteiger partial charge in [0, 0.05) is 11.6 Å². The van der Waals surface area contributed by atoms with Gasteiger partial charge in [0.25, 0.3) is 5.56 Å². The van der Waals surface area contributed by atoms with Crippen LogP contribution in [0, 0.1) is 11.3 Å². The highest BCUT2D eigenvalue weighted by Gasteiger charge is 2.36. The quantitative estimate of drug-likeness (QED) is 0.673. The number of rotatable bonds is 3. The maximum absolute atomic E-state index is 12.4. The zero-order valence-corrected chi connectivity index (χ0v) is 15.3. The highest BCUT2D eigenvalue weighted by molar-refractivity contribution is 9.10. The molecule has 0 fully saturated rings. The number of fused-ring (bicyclic) bond motifs is 1. The van der Waals surface area contributed by atoms with Gasteiger partial charge in [-0.15, -0.1) is 0 Å². The molecule has 0 unspecified atom stereocenters. The molecular weight excluding hydrogens is 408 g/mol. The van der Waals surface area contributed by atoms with Crippen LogP contribution in [0.3, 0.4) is 0 Å². The molecule has 0 saturated carbocycles. The predicted octanol–water partition coefficient (Wildman–Crippen LogP) is 1.06. The highest BCUT2D eigenvalue weighted by Crippen LogP contribution is 2.45.